The number of fused-ring (bicyclic) bond motifs is 1. The highest BCUT2D eigenvalue weighted by Gasteiger charge is 2.19. The Morgan fingerprint density at radius 2 is 1.94 bits per heavy atom. The van der Waals surface area contributed by atoms with E-state index in [0.29, 0.717) is 30.4 Å². The van der Waals surface area contributed by atoms with Gasteiger partial charge in [-0.1, -0.05) is 0 Å². The third kappa shape index (κ3) is 2.68. The molecule has 1 aromatic rings. The minimum Gasteiger partial charge on any atom is -0.486 e. The molecule has 0 aliphatic carbocycles. The molecule has 0 saturated heterocycles. The Labute approximate surface area is 106 Å². The van der Waals surface area contributed by atoms with Gasteiger partial charge in [0.25, 0.3) is 0 Å². The highest BCUT2D eigenvalue weighted by atomic mass is 32.2. The quantitative estimate of drug-likeness (QED) is 0.845. The Bertz CT molecular complexity index is 530. The summed E-state index contributed by atoms with van der Waals surface area (Å²) in [6.07, 6.45) is 1.15. The molecule has 6 nitrogen and oxygen atoms in total. The standard InChI is InChI=1S/C11H16N2O4S/c1-18(14,15)13(5-4-12)9-2-3-10-11(8-9)17-7-6-16-10/h2-3,8H,4-7,12H2,1H3. The maximum absolute atomic E-state index is 11.7. The summed E-state index contributed by atoms with van der Waals surface area (Å²) in [7, 11) is -3.35. The fourth-order valence-electron chi connectivity index (χ4n) is 1.79. The Hall–Kier alpha value is -1.47. The van der Waals surface area contributed by atoms with Crippen LogP contribution in [0.2, 0.25) is 0 Å². The number of nitrogens with two attached hydrogens (primary N) is 1. The molecular formula is C11H16N2O4S. The Morgan fingerprint density at radius 1 is 1.28 bits per heavy atom. The maximum Gasteiger partial charge on any atom is 0.232 e. The largest absolute Gasteiger partial charge is 0.486 e. The lowest BCUT2D eigenvalue weighted by Gasteiger charge is -2.24. The van der Waals surface area contributed by atoms with Crippen molar-refractivity contribution in [1.29, 1.82) is 0 Å². The smallest absolute Gasteiger partial charge is 0.232 e. The predicted octanol–water partition coefficient (Wildman–Crippen LogP) is 0.183. The number of hydrogen-bond donors (Lipinski definition) is 1. The molecule has 2 rings (SSSR count). The zero-order valence-corrected chi connectivity index (χ0v) is 10.9. The van der Waals surface area contributed by atoms with Crippen molar-refractivity contribution < 1.29 is 17.9 Å². The highest BCUT2D eigenvalue weighted by Crippen LogP contribution is 2.34. The molecule has 0 radical (unpaired) electrons. The summed E-state index contributed by atoms with van der Waals surface area (Å²) in [6, 6.07) is 5.05. The molecule has 1 aliphatic heterocycles. The molecule has 1 aliphatic rings. The summed E-state index contributed by atoms with van der Waals surface area (Å²) in [5, 5.41) is 0. The van der Waals surface area contributed by atoms with E-state index in [4.69, 9.17) is 15.2 Å². The third-order valence-corrected chi connectivity index (χ3v) is 3.74. The van der Waals surface area contributed by atoms with Crippen molar-refractivity contribution >= 4 is 15.7 Å². The van der Waals surface area contributed by atoms with Crippen LogP contribution >= 0.6 is 0 Å². The minimum atomic E-state index is -3.35. The molecule has 0 bridgehead atoms. The van der Waals surface area contributed by atoms with Gasteiger partial charge in [0.1, 0.15) is 13.2 Å². The summed E-state index contributed by atoms with van der Waals surface area (Å²) in [4.78, 5) is 0. The van der Waals surface area contributed by atoms with Gasteiger partial charge in [-0.15, -0.1) is 0 Å². The lowest BCUT2D eigenvalue weighted by molar-refractivity contribution is 0.171. The monoisotopic (exact) mass is 272 g/mol. The number of sulfonamides is 1. The molecular weight excluding hydrogens is 256 g/mol. The van der Waals surface area contributed by atoms with Crippen LogP contribution in [0.25, 0.3) is 0 Å². The molecule has 0 atom stereocenters. The molecule has 18 heavy (non-hydrogen) atoms. The van der Waals surface area contributed by atoms with Crippen molar-refractivity contribution in [2.45, 2.75) is 0 Å². The van der Waals surface area contributed by atoms with E-state index in [2.05, 4.69) is 0 Å². The van der Waals surface area contributed by atoms with Crippen molar-refractivity contribution in [3.8, 4) is 11.5 Å². The van der Waals surface area contributed by atoms with E-state index in [1.54, 1.807) is 18.2 Å². The first-order valence-corrected chi connectivity index (χ1v) is 7.44. The van der Waals surface area contributed by atoms with Crippen LogP contribution < -0.4 is 19.5 Å². The number of benzene rings is 1. The van der Waals surface area contributed by atoms with E-state index in [-0.39, 0.29) is 13.1 Å². The number of anilines is 1. The molecule has 0 unspecified atom stereocenters. The first-order valence-electron chi connectivity index (χ1n) is 5.60. The van der Waals surface area contributed by atoms with Crippen LogP contribution in [0.4, 0.5) is 5.69 Å². The number of hydrogen-bond acceptors (Lipinski definition) is 5. The normalized spacial score (nSPS) is 14.3. The molecule has 7 heteroatoms. The van der Waals surface area contributed by atoms with Gasteiger partial charge >= 0.3 is 0 Å². The van der Waals surface area contributed by atoms with Crippen molar-refractivity contribution in [3.05, 3.63) is 18.2 Å². The Kier molecular flexibility index (Phi) is 3.63. The van der Waals surface area contributed by atoms with E-state index < -0.39 is 10.0 Å². The van der Waals surface area contributed by atoms with Crippen LogP contribution in [0, 0.1) is 0 Å². The van der Waals surface area contributed by atoms with Crippen molar-refractivity contribution in [3.63, 3.8) is 0 Å². The van der Waals surface area contributed by atoms with Crippen LogP contribution in [0.1, 0.15) is 0 Å². The van der Waals surface area contributed by atoms with Gasteiger partial charge in [0.2, 0.25) is 10.0 Å². The van der Waals surface area contributed by atoms with Crippen LogP contribution in [-0.2, 0) is 10.0 Å². The van der Waals surface area contributed by atoms with Gasteiger partial charge in [0.15, 0.2) is 11.5 Å². The van der Waals surface area contributed by atoms with E-state index in [1.165, 1.54) is 4.31 Å². The average Bonchev–Trinajstić information content (AvgIpc) is 2.34. The minimum absolute atomic E-state index is 0.235. The predicted molar refractivity (Wildman–Crippen MR) is 68.7 cm³/mol. The Morgan fingerprint density at radius 3 is 2.56 bits per heavy atom. The van der Waals surface area contributed by atoms with Crippen LogP contribution in [0.3, 0.4) is 0 Å². The van der Waals surface area contributed by atoms with Gasteiger partial charge in [-0.05, 0) is 12.1 Å². The molecule has 1 aromatic carbocycles. The maximum atomic E-state index is 11.7. The van der Waals surface area contributed by atoms with Gasteiger partial charge in [0.05, 0.1) is 11.9 Å². The molecule has 0 aromatic heterocycles. The first-order chi connectivity index (χ1) is 8.52. The van der Waals surface area contributed by atoms with E-state index >= 15 is 0 Å². The van der Waals surface area contributed by atoms with E-state index in [1.807, 2.05) is 0 Å². The zero-order valence-electron chi connectivity index (χ0n) is 10.1. The average molecular weight is 272 g/mol. The lowest BCUT2D eigenvalue weighted by Crippen LogP contribution is -2.34. The molecule has 2 N–H and O–H groups in total. The van der Waals surface area contributed by atoms with Crippen LogP contribution in [-0.4, -0.2) is 41.0 Å². The summed E-state index contributed by atoms with van der Waals surface area (Å²) in [6.45, 7) is 1.46. The summed E-state index contributed by atoms with van der Waals surface area (Å²) >= 11 is 0. The molecule has 0 spiro atoms. The van der Waals surface area contributed by atoms with Gasteiger partial charge in [-0.2, -0.15) is 0 Å². The molecule has 100 valence electrons. The highest BCUT2D eigenvalue weighted by molar-refractivity contribution is 7.92. The van der Waals surface area contributed by atoms with Crippen molar-refractivity contribution in [1.82, 2.24) is 0 Å². The second-order valence-corrected chi connectivity index (χ2v) is 5.86. The van der Waals surface area contributed by atoms with Crippen molar-refractivity contribution in [2.24, 2.45) is 5.73 Å². The number of ether oxygens (including phenoxy) is 2. The Balaban J connectivity index is 2.36. The summed E-state index contributed by atoms with van der Waals surface area (Å²) in [5.74, 6) is 1.19. The summed E-state index contributed by atoms with van der Waals surface area (Å²) in [5.41, 5.74) is 5.97. The lowest BCUT2D eigenvalue weighted by atomic mass is 10.2. The fourth-order valence-corrected chi connectivity index (χ4v) is 2.72. The molecule has 1 heterocycles. The zero-order chi connectivity index (χ0) is 13.2. The molecule has 0 saturated carbocycles. The second kappa shape index (κ2) is 5.03. The van der Waals surface area contributed by atoms with Gasteiger partial charge < -0.3 is 15.2 Å². The SMILES string of the molecule is CS(=O)(=O)N(CCN)c1ccc2c(c1)OCCO2. The first kappa shape index (κ1) is 13.0. The molecule has 0 amide bonds. The van der Waals surface area contributed by atoms with Crippen LogP contribution in [0.15, 0.2) is 18.2 Å². The second-order valence-electron chi connectivity index (χ2n) is 3.95. The third-order valence-electron chi connectivity index (χ3n) is 2.55. The van der Waals surface area contributed by atoms with Crippen LogP contribution in [0.5, 0.6) is 11.5 Å². The van der Waals surface area contributed by atoms with E-state index in [0.717, 1.165) is 6.26 Å². The van der Waals surface area contributed by atoms with Gasteiger partial charge in [-0.3, -0.25) is 4.31 Å². The molecule has 0 fully saturated rings. The topological polar surface area (TPSA) is 81.9 Å². The van der Waals surface area contributed by atoms with Gasteiger partial charge in [-0.25, -0.2) is 8.42 Å². The summed E-state index contributed by atoms with van der Waals surface area (Å²) < 4.78 is 35.4. The number of rotatable bonds is 4. The van der Waals surface area contributed by atoms with Gasteiger partial charge in [0, 0.05) is 19.2 Å². The van der Waals surface area contributed by atoms with Crippen molar-refractivity contribution in [2.75, 3.05) is 36.9 Å². The fraction of sp³-hybridized carbons (Fsp3) is 0.455. The number of nitrogens with zero attached hydrogens (tertiary/aromatic N) is 1. The van der Waals surface area contributed by atoms with E-state index in [9.17, 15) is 8.42 Å².